The Hall–Kier alpha value is -1.17. The number of carbonyl (C=O) groups is 1. The molecule has 1 aliphatic carbocycles. The molecule has 1 unspecified atom stereocenters. The van der Waals surface area contributed by atoms with Crippen LogP contribution < -0.4 is 0 Å². The van der Waals surface area contributed by atoms with Crippen molar-refractivity contribution in [3.05, 3.63) is 0 Å². The molecule has 0 saturated heterocycles. The largest absolute Gasteiger partial charge is 0.331 e. The summed E-state index contributed by atoms with van der Waals surface area (Å²) in [5, 5.41) is 0. The molecule has 0 radical (unpaired) electrons. The van der Waals surface area contributed by atoms with Gasteiger partial charge in [0.2, 0.25) is 0 Å². The minimum atomic E-state index is 0.0969. The molecule has 0 spiro atoms. The van der Waals surface area contributed by atoms with E-state index in [1.807, 2.05) is 4.90 Å². The van der Waals surface area contributed by atoms with Crippen LogP contribution in [-0.4, -0.2) is 42.0 Å². The number of hydrogen-bond acceptors (Lipinski definition) is 1. The van der Waals surface area contributed by atoms with Crippen molar-refractivity contribution < 1.29 is 4.79 Å². The summed E-state index contributed by atoms with van der Waals surface area (Å²) < 4.78 is 0. The van der Waals surface area contributed by atoms with E-state index in [2.05, 4.69) is 12.8 Å². The number of amides is 2. The third-order valence-electron chi connectivity index (χ3n) is 2.76. The Kier molecular flexibility index (Phi) is 4.02. The SMILES string of the molecule is C#CCC(CC)N(C(=O)N(C)C)C1CC1. The zero-order chi connectivity index (χ0) is 11.4. The van der Waals surface area contributed by atoms with Crippen molar-refractivity contribution in [1.29, 1.82) is 0 Å². The van der Waals surface area contributed by atoms with Crippen molar-refractivity contribution in [1.82, 2.24) is 9.80 Å². The van der Waals surface area contributed by atoms with E-state index in [4.69, 9.17) is 6.42 Å². The van der Waals surface area contributed by atoms with Crippen molar-refractivity contribution in [3.63, 3.8) is 0 Å². The lowest BCUT2D eigenvalue weighted by molar-refractivity contribution is 0.143. The quantitative estimate of drug-likeness (QED) is 0.648. The molecule has 0 heterocycles. The molecule has 1 atom stereocenters. The highest BCUT2D eigenvalue weighted by Crippen LogP contribution is 2.31. The smallest absolute Gasteiger partial charge is 0.320 e. The molecule has 1 aliphatic rings. The molecular formula is C12H20N2O. The second-order valence-corrected chi connectivity index (χ2v) is 4.29. The highest BCUT2D eigenvalue weighted by Gasteiger charge is 2.37. The number of rotatable bonds is 4. The van der Waals surface area contributed by atoms with Crippen molar-refractivity contribution >= 4 is 6.03 Å². The summed E-state index contributed by atoms with van der Waals surface area (Å²) in [7, 11) is 3.58. The first-order valence-corrected chi connectivity index (χ1v) is 5.54. The standard InChI is InChI=1S/C12H20N2O/c1-5-7-10(6-2)14(11-8-9-11)12(15)13(3)4/h1,10-11H,6-9H2,2-4H3. The summed E-state index contributed by atoms with van der Waals surface area (Å²) in [5.41, 5.74) is 0. The second kappa shape index (κ2) is 5.06. The molecule has 15 heavy (non-hydrogen) atoms. The highest BCUT2D eigenvalue weighted by molar-refractivity contribution is 5.75. The minimum absolute atomic E-state index is 0.0969. The average molecular weight is 208 g/mol. The van der Waals surface area contributed by atoms with E-state index < -0.39 is 0 Å². The maximum Gasteiger partial charge on any atom is 0.320 e. The Bertz CT molecular complexity index is 263. The van der Waals surface area contributed by atoms with Gasteiger partial charge in [-0.25, -0.2) is 4.79 Å². The topological polar surface area (TPSA) is 23.6 Å². The monoisotopic (exact) mass is 208 g/mol. The first kappa shape index (κ1) is 11.9. The van der Waals surface area contributed by atoms with Crippen LogP contribution >= 0.6 is 0 Å². The normalized spacial score (nSPS) is 16.7. The lowest BCUT2D eigenvalue weighted by Crippen LogP contribution is -2.46. The molecule has 0 aliphatic heterocycles. The highest BCUT2D eigenvalue weighted by atomic mass is 16.2. The van der Waals surface area contributed by atoms with Gasteiger partial charge >= 0.3 is 6.03 Å². The maximum absolute atomic E-state index is 12.0. The Labute approximate surface area is 92.4 Å². The van der Waals surface area contributed by atoms with E-state index in [-0.39, 0.29) is 12.1 Å². The van der Waals surface area contributed by atoms with Gasteiger partial charge in [-0.05, 0) is 19.3 Å². The molecule has 1 saturated carbocycles. The lowest BCUT2D eigenvalue weighted by atomic mass is 10.1. The summed E-state index contributed by atoms with van der Waals surface area (Å²) in [6.45, 7) is 2.08. The number of terminal acetylenes is 1. The van der Waals surface area contributed by atoms with Gasteiger partial charge < -0.3 is 9.80 Å². The van der Waals surface area contributed by atoms with Gasteiger partial charge in [-0.2, -0.15) is 0 Å². The van der Waals surface area contributed by atoms with Crippen LogP contribution in [0.15, 0.2) is 0 Å². The average Bonchev–Trinajstić information content (AvgIpc) is 3.00. The van der Waals surface area contributed by atoms with Crippen molar-refractivity contribution in [3.8, 4) is 12.3 Å². The van der Waals surface area contributed by atoms with Crippen LogP contribution in [-0.2, 0) is 0 Å². The maximum atomic E-state index is 12.0. The molecule has 0 aromatic carbocycles. The fourth-order valence-corrected chi connectivity index (χ4v) is 1.77. The van der Waals surface area contributed by atoms with Crippen LogP contribution in [0.5, 0.6) is 0 Å². The van der Waals surface area contributed by atoms with E-state index in [1.165, 1.54) is 0 Å². The zero-order valence-corrected chi connectivity index (χ0v) is 9.86. The van der Waals surface area contributed by atoms with Crippen LogP contribution in [0.25, 0.3) is 0 Å². The van der Waals surface area contributed by atoms with Gasteiger partial charge in [-0.15, -0.1) is 12.3 Å². The summed E-state index contributed by atoms with van der Waals surface area (Å²) in [6, 6.07) is 0.732. The van der Waals surface area contributed by atoms with E-state index in [0.29, 0.717) is 12.5 Å². The number of carbonyl (C=O) groups excluding carboxylic acids is 1. The predicted octanol–water partition coefficient (Wildman–Crippen LogP) is 1.93. The molecule has 1 fully saturated rings. The van der Waals surface area contributed by atoms with Gasteiger partial charge in [-0.3, -0.25) is 0 Å². The fourth-order valence-electron chi connectivity index (χ4n) is 1.77. The second-order valence-electron chi connectivity index (χ2n) is 4.29. The van der Waals surface area contributed by atoms with Gasteiger partial charge in [0.15, 0.2) is 0 Å². The predicted molar refractivity (Wildman–Crippen MR) is 61.5 cm³/mol. The molecule has 3 heteroatoms. The third-order valence-corrected chi connectivity index (χ3v) is 2.76. The summed E-state index contributed by atoms with van der Waals surface area (Å²) >= 11 is 0. The Morgan fingerprint density at radius 2 is 2.13 bits per heavy atom. The van der Waals surface area contributed by atoms with Crippen LogP contribution in [0.2, 0.25) is 0 Å². The lowest BCUT2D eigenvalue weighted by Gasteiger charge is -2.32. The summed E-state index contributed by atoms with van der Waals surface area (Å²) in [5.74, 6) is 2.66. The molecular weight excluding hydrogens is 188 g/mol. The van der Waals surface area contributed by atoms with Crippen LogP contribution in [0.1, 0.15) is 32.6 Å². The van der Waals surface area contributed by atoms with Crippen molar-refractivity contribution in [2.45, 2.75) is 44.7 Å². The van der Waals surface area contributed by atoms with E-state index in [1.54, 1.807) is 19.0 Å². The van der Waals surface area contributed by atoms with E-state index in [9.17, 15) is 4.79 Å². The van der Waals surface area contributed by atoms with Gasteiger partial charge in [0.05, 0.1) is 0 Å². The van der Waals surface area contributed by atoms with Crippen molar-refractivity contribution in [2.24, 2.45) is 0 Å². The van der Waals surface area contributed by atoms with Crippen molar-refractivity contribution in [2.75, 3.05) is 14.1 Å². The Balaban J connectivity index is 2.71. The summed E-state index contributed by atoms with van der Waals surface area (Å²) in [6.07, 6.45) is 9.18. The summed E-state index contributed by atoms with van der Waals surface area (Å²) in [4.78, 5) is 15.6. The van der Waals surface area contributed by atoms with Gasteiger partial charge in [0.25, 0.3) is 0 Å². The molecule has 2 amide bonds. The zero-order valence-electron chi connectivity index (χ0n) is 9.86. The van der Waals surface area contributed by atoms with Gasteiger partial charge in [0.1, 0.15) is 0 Å². The van der Waals surface area contributed by atoms with Gasteiger partial charge in [0, 0.05) is 32.6 Å². The van der Waals surface area contributed by atoms with E-state index in [0.717, 1.165) is 19.3 Å². The first-order chi connectivity index (χ1) is 7.11. The molecule has 0 bridgehead atoms. The number of hydrogen-bond donors (Lipinski definition) is 0. The van der Waals surface area contributed by atoms with Crippen LogP contribution in [0, 0.1) is 12.3 Å². The molecule has 0 N–H and O–H groups in total. The molecule has 84 valence electrons. The number of nitrogens with zero attached hydrogens (tertiary/aromatic N) is 2. The van der Waals surface area contributed by atoms with Crippen LogP contribution in [0.4, 0.5) is 4.79 Å². The third kappa shape index (κ3) is 2.89. The van der Waals surface area contributed by atoms with Crippen LogP contribution in [0.3, 0.4) is 0 Å². The van der Waals surface area contributed by atoms with E-state index >= 15 is 0 Å². The Morgan fingerprint density at radius 1 is 1.53 bits per heavy atom. The Morgan fingerprint density at radius 3 is 2.47 bits per heavy atom. The minimum Gasteiger partial charge on any atom is -0.331 e. The fraction of sp³-hybridized carbons (Fsp3) is 0.750. The van der Waals surface area contributed by atoms with Gasteiger partial charge in [-0.1, -0.05) is 6.92 Å². The first-order valence-electron chi connectivity index (χ1n) is 5.54. The molecule has 0 aromatic rings. The molecule has 3 nitrogen and oxygen atoms in total. The molecule has 1 rings (SSSR count). The molecule has 0 aromatic heterocycles. The number of urea groups is 1.